The van der Waals surface area contributed by atoms with Crippen LogP contribution in [0.5, 0.6) is 0 Å². The second kappa shape index (κ2) is 8.77. The molecule has 4 nitrogen and oxygen atoms in total. The number of carboxylic acids is 2. The number of aliphatic carboxylic acids is 2. The summed E-state index contributed by atoms with van der Waals surface area (Å²) in [7, 11) is 0. The van der Waals surface area contributed by atoms with Crippen LogP contribution in [0.1, 0.15) is 71.1 Å². The van der Waals surface area contributed by atoms with Crippen molar-refractivity contribution in [3.63, 3.8) is 0 Å². The van der Waals surface area contributed by atoms with E-state index in [1.807, 2.05) is 0 Å². The standard InChI is InChI=1S/C16H26O4/c1-2-3-4-6-9-12-13(15(12)16(19)20)10-7-5-8-11-14(17)18/h15H,2-11H2,1H3,(H,17,18)(H,19,20). The van der Waals surface area contributed by atoms with Crippen LogP contribution < -0.4 is 0 Å². The van der Waals surface area contributed by atoms with Gasteiger partial charge in [-0.2, -0.15) is 0 Å². The van der Waals surface area contributed by atoms with Crippen LogP contribution in [0.2, 0.25) is 0 Å². The molecule has 2 N–H and O–H groups in total. The normalized spacial score (nSPS) is 17.4. The van der Waals surface area contributed by atoms with Gasteiger partial charge >= 0.3 is 11.9 Å². The molecule has 1 aliphatic rings. The Balaban J connectivity index is 2.23. The third-order valence-electron chi connectivity index (χ3n) is 3.91. The molecule has 1 aliphatic carbocycles. The largest absolute Gasteiger partial charge is 0.481 e. The fourth-order valence-electron chi connectivity index (χ4n) is 2.74. The molecule has 20 heavy (non-hydrogen) atoms. The van der Waals surface area contributed by atoms with Crippen LogP contribution in [-0.4, -0.2) is 22.2 Å². The van der Waals surface area contributed by atoms with Crippen molar-refractivity contribution in [2.45, 2.75) is 71.1 Å². The molecule has 0 saturated heterocycles. The zero-order valence-electron chi connectivity index (χ0n) is 12.4. The zero-order chi connectivity index (χ0) is 15.0. The molecule has 0 aliphatic heterocycles. The van der Waals surface area contributed by atoms with Crippen LogP contribution in [0, 0.1) is 5.92 Å². The molecule has 1 unspecified atom stereocenters. The van der Waals surface area contributed by atoms with E-state index in [2.05, 4.69) is 6.92 Å². The molecule has 1 rings (SSSR count). The summed E-state index contributed by atoms with van der Waals surface area (Å²) in [5.41, 5.74) is 2.26. The number of hydrogen-bond acceptors (Lipinski definition) is 2. The highest BCUT2D eigenvalue weighted by molar-refractivity contribution is 5.84. The summed E-state index contributed by atoms with van der Waals surface area (Å²) in [6.45, 7) is 2.17. The van der Waals surface area contributed by atoms with Crippen LogP contribution in [-0.2, 0) is 9.59 Å². The maximum absolute atomic E-state index is 11.1. The summed E-state index contributed by atoms with van der Waals surface area (Å²) in [4.78, 5) is 21.5. The molecule has 0 saturated carbocycles. The molecule has 0 heterocycles. The minimum Gasteiger partial charge on any atom is -0.481 e. The van der Waals surface area contributed by atoms with Gasteiger partial charge in [-0.05, 0) is 32.1 Å². The first-order valence-electron chi connectivity index (χ1n) is 7.74. The molecule has 0 fully saturated rings. The van der Waals surface area contributed by atoms with Crippen LogP contribution >= 0.6 is 0 Å². The SMILES string of the molecule is CCCCCCC1=C(CCCCCC(=O)O)C1C(=O)O. The highest BCUT2D eigenvalue weighted by atomic mass is 16.4. The molecule has 0 amide bonds. The van der Waals surface area contributed by atoms with Crippen LogP contribution in [0.15, 0.2) is 11.1 Å². The van der Waals surface area contributed by atoms with Gasteiger partial charge in [0.1, 0.15) is 0 Å². The van der Waals surface area contributed by atoms with E-state index in [-0.39, 0.29) is 12.3 Å². The van der Waals surface area contributed by atoms with Gasteiger partial charge in [-0.25, -0.2) is 0 Å². The number of carboxylic acid groups (broad SMARTS) is 2. The van der Waals surface area contributed by atoms with Crippen molar-refractivity contribution in [1.29, 1.82) is 0 Å². The van der Waals surface area contributed by atoms with Gasteiger partial charge in [-0.15, -0.1) is 0 Å². The van der Waals surface area contributed by atoms with Crippen LogP contribution in [0.3, 0.4) is 0 Å². The number of unbranched alkanes of at least 4 members (excludes halogenated alkanes) is 5. The third kappa shape index (κ3) is 5.76. The average Bonchev–Trinajstić information content (AvgIpc) is 3.07. The summed E-state index contributed by atoms with van der Waals surface area (Å²) >= 11 is 0. The summed E-state index contributed by atoms with van der Waals surface area (Å²) < 4.78 is 0. The van der Waals surface area contributed by atoms with E-state index >= 15 is 0 Å². The van der Waals surface area contributed by atoms with Gasteiger partial charge in [0.05, 0.1) is 5.92 Å². The molecule has 4 heteroatoms. The predicted molar refractivity (Wildman–Crippen MR) is 77.6 cm³/mol. The van der Waals surface area contributed by atoms with E-state index in [1.165, 1.54) is 19.3 Å². The van der Waals surface area contributed by atoms with Crippen molar-refractivity contribution < 1.29 is 19.8 Å². The van der Waals surface area contributed by atoms with E-state index in [9.17, 15) is 9.59 Å². The maximum Gasteiger partial charge on any atom is 0.314 e. The smallest absolute Gasteiger partial charge is 0.314 e. The van der Waals surface area contributed by atoms with Crippen molar-refractivity contribution in [2.24, 2.45) is 5.92 Å². The Morgan fingerprint density at radius 2 is 1.45 bits per heavy atom. The fourth-order valence-corrected chi connectivity index (χ4v) is 2.74. The van der Waals surface area contributed by atoms with Gasteiger partial charge < -0.3 is 10.2 Å². The number of rotatable bonds is 12. The van der Waals surface area contributed by atoms with Crippen LogP contribution in [0.4, 0.5) is 0 Å². The van der Waals surface area contributed by atoms with Gasteiger partial charge in [-0.3, -0.25) is 9.59 Å². The van der Waals surface area contributed by atoms with E-state index in [0.717, 1.165) is 43.3 Å². The first-order chi connectivity index (χ1) is 9.57. The Labute approximate surface area is 120 Å². The lowest BCUT2D eigenvalue weighted by molar-refractivity contribution is -0.138. The minimum atomic E-state index is -0.754. The summed E-state index contributed by atoms with van der Waals surface area (Å²) in [5, 5.41) is 17.7. The second-order valence-corrected chi connectivity index (χ2v) is 5.59. The van der Waals surface area contributed by atoms with E-state index in [1.54, 1.807) is 0 Å². The van der Waals surface area contributed by atoms with Crippen molar-refractivity contribution >= 4 is 11.9 Å². The van der Waals surface area contributed by atoms with E-state index in [0.29, 0.717) is 6.42 Å². The van der Waals surface area contributed by atoms with E-state index < -0.39 is 11.9 Å². The molecule has 0 spiro atoms. The summed E-state index contributed by atoms with van der Waals surface area (Å²) in [6.07, 6.45) is 9.12. The molecule has 1 atom stereocenters. The average molecular weight is 282 g/mol. The Bertz CT molecular complexity index is 371. The Kier molecular flexibility index (Phi) is 7.34. The topological polar surface area (TPSA) is 74.6 Å². The Hall–Kier alpha value is -1.32. The van der Waals surface area contributed by atoms with Crippen molar-refractivity contribution in [3.05, 3.63) is 11.1 Å². The van der Waals surface area contributed by atoms with Gasteiger partial charge in [0.15, 0.2) is 0 Å². The lowest BCUT2D eigenvalue weighted by Crippen LogP contribution is -2.02. The molecule has 0 aromatic heterocycles. The zero-order valence-corrected chi connectivity index (χ0v) is 12.4. The Morgan fingerprint density at radius 1 is 0.900 bits per heavy atom. The monoisotopic (exact) mass is 282 g/mol. The predicted octanol–water partition coefficient (Wildman–Crippen LogP) is 4.00. The van der Waals surface area contributed by atoms with Gasteiger partial charge in [0.25, 0.3) is 0 Å². The number of carbonyl (C=O) groups is 2. The molecule has 114 valence electrons. The van der Waals surface area contributed by atoms with Crippen molar-refractivity contribution in [1.82, 2.24) is 0 Å². The van der Waals surface area contributed by atoms with Crippen LogP contribution in [0.25, 0.3) is 0 Å². The lowest BCUT2D eigenvalue weighted by atomic mass is 10.1. The molecule has 0 radical (unpaired) electrons. The molecular weight excluding hydrogens is 256 g/mol. The molecular formula is C16H26O4. The minimum absolute atomic E-state index is 0.214. The van der Waals surface area contributed by atoms with Gasteiger partial charge in [-0.1, -0.05) is 43.8 Å². The van der Waals surface area contributed by atoms with Gasteiger partial charge in [0.2, 0.25) is 0 Å². The highest BCUT2D eigenvalue weighted by Gasteiger charge is 2.40. The summed E-state index contributed by atoms with van der Waals surface area (Å²) in [6, 6.07) is 0. The maximum atomic E-state index is 11.1. The molecule has 0 bridgehead atoms. The van der Waals surface area contributed by atoms with Crippen molar-refractivity contribution in [2.75, 3.05) is 0 Å². The third-order valence-corrected chi connectivity index (χ3v) is 3.91. The number of hydrogen-bond donors (Lipinski definition) is 2. The van der Waals surface area contributed by atoms with Gasteiger partial charge in [0, 0.05) is 6.42 Å². The van der Waals surface area contributed by atoms with Crippen molar-refractivity contribution in [3.8, 4) is 0 Å². The molecule has 0 aromatic rings. The molecule has 0 aromatic carbocycles. The first kappa shape index (κ1) is 16.7. The summed E-state index contributed by atoms with van der Waals surface area (Å²) in [5.74, 6) is -1.76. The Morgan fingerprint density at radius 3 is 1.90 bits per heavy atom. The highest BCUT2D eigenvalue weighted by Crippen LogP contribution is 2.45. The quantitative estimate of drug-likeness (QED) is 0.419. The second-order valence-electron chi connectivity index (χ2n) is 5.59. The van der Waals surface area contributed by atoms with E-state index in [4.69, 9.17) is 10.2 Å². The first-order valence-corrected chi connectivity index (χ1v) is 7.74. The lowest BCUT2D eigenvalue weighted by Gasteiger charge is -1.97. The fraction of sp³-hybridized carbons (Fsp3) is 0.750.